The SMILES string of the molecule is CCCCOC(=O)c1ccc(-n2c(C)cc(/C=C3\SC(=O)N(CC(=O)OCC)C3=O)c2C)cc1. The number of carbonyl (C=O) groups is 4. The number of benzene rings is 1. The van der Waals surface area contributed by atoms with Gasteiger partial charge in [0.25, 0.3) is 11.1 Å². The molecule has 9 heteroatoms. The summed E-state index contributed by atoms with van der Waals surface area (Å²) in [6.07, 6.45) is 3.45. The van der Waals surface area contributed by atoms with Crippen LogP contribution in [0.3, 0.4) is 0 Å². The molecule has 1 fully saturated rings. The number of carbonyl (C=O) groups excluding carboxylic acids is 4. The largest absolute Gasteiger partial charge is 0.465 e. The molecule has 0 saturated carbocycles. The Labute approximate surface area is 202 Å². The number of hydrogen-bond acceptors (Lipinski definition) is 7. The summed E-state index contributed by atoms with van der Waals surface area (Å²) < 4.78 is 12.1. The van der Waals surface area contributed by atoms with Crippen LogP contribution >= 0.6 is 11.8 Å². The zero-order chi connectivity index (χ0) is 24.8. The molecule has 1 aliphatic rings. The predicted molar refractivity (Wildman–Crippen MR) is 130 cm³/mol. The van der Waals surface area contributed by atoms with Crippen LogP contribution in [0.4, 0.5) is 4.79 Å². The first-order valence-electron chi connectivity index (χ1n) is 11.1. The third-order valence-electron chi connectivity index (χ3n) is 5.32. The van der Waals surface area contributed by atoms with E-state index in [0.29, 0.717) is 12.2 Å². The van der Waals surface area contributed by atoms with Crippen LogP contribution in [-0.4, -0.2) is 52.3 Å². The van der Waals surface area contributed by atoms with Crippen LogP contribution in [0.2, 0.25) is 0 Å². The molecule has 0 atom stereocenters. The normalized spacial score (nSPS) is 14.7. The van der Waals surface area contributed by atoms with E-state index in [4.69, 9.17) is 9.47 Å². The van der Waals surface area contributed by atoms with Crippen molar-refractivity contribution in [1.29, 1.82) is 0 Å². The molecule has 1 aliphatic heterocycles. The summed E-state index contributed by atoms with van der Waals surface area (Å²) in [6.45, 7) is 7.72. The molecule has 0 N–H and O–H groups in total. The summed E-state index contributed by atoms with van der Waals surface area (Å²) in [5.74, 6) is -1.49. The number of nitrogens with zero attached hydrogens (tertiary/aromatic N) is 2. The van der Waals surface area contributed by atoms with E-state index in [9.17, 15) is 19.2 Å². The van der Waals surface area contributed by atoms with Crippen molar-refractivity contribution in [3.05, 3.63) is 57.8 Å². The Balaban J connectivity index is 1.80. The van der Waals surface area contributed by atoms with Gasteiger partial charge in [-0.3, -0.25) is 19.3 Å². The first-order chi connectivity index (χ1) is 16.3. The van der Waals surface area contributed by atoms with Gasteiger partial charge in [-0.15, -0.1) is 0 Å². The zero-order valence-corrected chi connectivity index (χ0v) is 20.6. The third-order valence-corrected chi connectivity index (χ3v) is 6.22. The number of imide groups is 1. The lowest BCUT2D eigenvalue weighted by Crippen LogP contribution is -2.34. The van der Waals surface area contributed by atoms with E-state index in [1.165, 1.54) is 0 Å². The summed E-state index contributed by atoms with van der Waals surface area (Å²) in [6, 6.07) is 9.05. The molecule has 180 valence electrons. The highest BCUT2D eigenvalue weighted by molar-refractivity contribution is 8.18. The average molecular weight is 485 g/mol. The maximum atomic E-state index is 12.7. The third kappa shape index (κ3) is 5.59. The molecule has 0 aliphatic carbocycles. The van der Waals surface area contributed by atoms with Gasteiger partial charge >= 0.3 is 11.9 Å². The maximum Gasteiger partial charge on any atom is 0.338 e. The fourth-order valence-electron chi connectivity index (χ4n) is 3.58. The summed E-state index contributed by atoms with van der Waals surface area (Å²) >= 11 is 0.800. The van der Waals surface area contributed by atoms with Crippen molar-refractivity contribution >= 4 is 40.9 Å². The molecule has 2 heterocycles. The summed E-state index contributed by atoms with van der Waals surface area (Å²) in [4.78, 5) is 50.0. The number of esters is 2. The standard InChI is InChI=1S/C25H28N2O6S/c1-5-7-12-33-24(30)18-8-10-20(11-9-18)27-16(3)13-19(17(27)4)14-21-23(29)26(25(31)34-21)15-22(28)32-6-2/h8-11,13-14H,5-7,12,15H2,1-4H3/b21-14-. The molecule has 2 aromatic rings. The second-order valence-corrected chi connectivity index (χ2v) is 8.76. The molecule has 34 heavy (non-hydrogen) atoms. The van der Waals surface area contributed by atoms with Crippen molar-refractivity contribution in [1.82, 2.24) is 9.47 Å². The predicted octanol–water partition coefficient (Wildman–Crippen LogP) is 4.65. The fourth-order valence-corrected chi connectivity index (χ4v) is 4.41. The Hall–Kier alpha value is -3.33. The number of aromatic nitrogens is 1. The van der Waals surface area contributed by atoms with Crippen molar-refractivity contribution in [3.63, 3.8) is 0 Å². The summed E-state index contributed by atoms with van der Waals surface area (Å²) in [7, 11) is 0. The Kier molecular flexibility index (Phi) is 8.33. The van der Waals surface area contributed by atoms with Gasteiger partial charge in [-0.2, -0.15) is 0 Å². The summed E-state index contributed by atoms with van der Waals surface area (Å²) in [5, 5.41) is -0.500. The van der Waals surface area contributed by atoms with E-state index in [1.807, 2.05) is 43.5 Å². The molecule has 2 amide bonds. The molecule has 0 radical (unpaired) electrons. The molecular formula is C25H28N2O6S. The van der Waals surface area contributed by atoms with Gasteiger partial charge in [-0.25, -0.2) is 4.79 Å². The minimum absolute atomic E-state index is 0.178. The van der Waals surface area contributed by atoms with Crippen LogP contribution in [0.15, 0.2) is 35.2 Å². The Morgan fingerprint density at radius 3 is 2.41 bits per heavy atom. The first-order valence-corrected chi connectivity index (χ1v) is 12.0. The minimum Gasteiger partial charge on any atom is -0.465 e. The van der Waals surface area contributed by atoms with E-state index in [1.54, 1.807) is 25.1 Å². The minimum atomic E-state index is -0.623. The van der Waals surface area contributed by atoms with Crippen LogP contribution in [0, 0.1) is 13.8 Å². The molecule has 0 bridgehead atoms. The number of amides is 2. The monoisotopic (exact) mass is 484 g/mol. The van der Waals surface area contributed by atoms with Gasteiger partial charge in [0.15, 0.2) is 0 Å². The molecule has 1 saturated heterocycles. The second-order valence-electron chi connectivity index (χ2n) is 7.77. The van der Waals surface area contributed by atoms with Crippen molar-refractivity contribution in [2.24, 2.45) is 0 Å². The highest BCUT2D eigenvalue weighted by Crippen LogP contribution is 2.33. The van der Waals surface area contributed by atoms with E-state index >= 15 is 0 Å². The Morgan fingerprint density at radius 1 is 1.06 bits per heavy atom. The van der Waals surface area contributed by atoms with Crippen LogP contribution < -0.4 is 0 Å². The quantitative estimate of drug-likeness (QED) is 0.290. The highest BCUT2D eigenvalue weighted by atomic mass is 32.2. The maximum absolute atomic E-state index is 12.7. The number of hydrogen-bond donors (Lipinski definition) is 0. The molecule has 3 rings (SSSR count). The number of thioether (sulfide) groups is 1. The van der Waals surface area contributed by atoms with Gasteiger partial charge in [0.1, 0.15) is 6.54 Å². The number of aryl methyl sites for hydroxylation is 1. The van der Waals surface area contributed by atoms with Gasteiger partial charge < -0.3 is 14.0 Å². The lowest BCUT2D eigenvalue weighted by atomic mass is 10.2. The fraction of sp³-hybridized carbons (Fsp3) is 0.360. The van der Waals surface area contributed by atoms with Crippen LogP contribution in [-0.2, 0) is 19.1 Å². The van der Waals surface area contributed by atoms with Gasteiger partial charge in [0.05, 0.1) is 23.7 Å². The molecule has 8 nitrogen and oxygen atoms in total. The van der Waals surface area contributed by atoms with Crippen molar-refractivity contribution in [2.75, 3.05) is 19.8 Å². The van der Waals surface area contributed by atoms with Crippen LogP contribution in [0.5, 0.6) is 0 Å². The first kappa shape index (κ1) is 25.3. The van der Waals surface area contributed by atoms with Crippen LogP contribution in [0.1, 0.15) is 54.0 Å². The lowest BCUT2D eigenvalue weighted by molar-refractivity contribution is -0.145. The van der Waals surface area contributed by atoms with E-state index in [2.05, 4.69) is 0 Å². The molecule has 0 unspecified atom stereocenters. The van der Waals surface area contributed by atoms with Crippen molar-refractivity contribution < 1.29 is 28.7 Å². The molecule has 1 aromatic carbocycles. The van der Waals surface area contributed by atoms with Gasteiger partial charge in [0.2, 0.25) is 0 Å². The van der Waals surface area contributed by atoms with E-state index in [-0.39, 0.29) is 17.5 Å². The van der Waals surface area contributed by atoms with Gasteiger partial charge in [0, 0.05) is 17.1 Å². The van der Waals surface area contributed by atoms with Gasteiger partial charge in [-0.1, -0.05) is 13.3 Å². The number of unbranched alkanes of at least 4 members (excludes halogenated alkanes) is 1. The zero-order valence-electron chi connectivity index (χ0n) is 19.8. The topological polar surface area (TPSA) is 94.9 Å². The van der Waals surface area contributed by atoms with E-state index in [0.717, 1.165) is 52.1 Å². The average Bonchev–Trinajstić information content (AvgIpc) is 3.23. The second kappa shape index (κ2) is 11.2. The Morgan fingerprint density at radius 2 is 1.76 bits per heavy atom. The molecular weight excluding hydrogens is 456 g/mol. The van der Waals surface area contributed by atoms with E-state index < -0.39 is 23.7 Å². The summed E-state index contributed by atoms with van der Waals surface area (Å²) in [5.41, 5.74) is 3.91. The highest BCUT2D eigenvalue weighted by Gasteiger charge is 2.36. The molecule has 1 aromatic heterocycles. The lowest BCUT2D eigenvalue weighted by Gasteiger charge is -2.11. The molecule has 0 spiro atoms. The Bertz CT molecular complexity index is 1130. The van der Waals surface area contributed by atoms with Crippen molar-refractivity contribution in [3.8, 4) is 5.69 Å². The van der Waals surface area contributed by atoms with Crippen LogP contribution in [0.25, 0.3) is 11.8 Å². The van der Waals surface area contributed by atoms with Crippen molar-refractivity contribution in [2.45, 2.75) is 40.5 Å². The van der Waals surface area contributed by atoms with Gasteiger partial charge in [-0.05, 0) is 80.9 Å². The number of ether oxygens (including phenoxy) is 2. The smallest absolute Gasteiger partial charge is 0.338 e. The number of rotatable bonds is 9.